The SMILES string of the molecule is Cc1cccc(SCc2ccc(F)cc2)c1N. The van der Waals surface area contributed by atoms with Crippen LogP contribution in [0.25, 0.3) is 0 Å². The smallest absolute Gasteiger partial charge is 0.123 e. The molecule has 1 nitrogen and oxygen atoms in total. The minimum Gasteiger partial charge on any atom is -0.398 e. The lowest BCUT2D eigenvalue weighted by molar-refractivity contribution is 0.627. The van der Waals surface area contributed by atoms with Crippen LogP contribution in [-0.2, 0) is 5.75 Å². The zero-order valence-electron chi connectivity index (χ0n) is 9.61. The van der Waals surface area contributed by atoms with Gasteiger partial charge in [-0.3, -0.25) is 0 Å². The molecule has 0 aliphatic carbocycles. The van der Waals surface area contributed by atoms with Gasteiger partial charge in [-0.15, -0.1) is 11.8 Å². The van der Waals surface area contributed by atoms with Gasteiger partial charge in [0.25, 0.3) is 0 Å². The molecule has 0 spiro atoms. The first-order valence-corrected chi connectivity index (χ1v) is 6.37. The third-order valence-electron chi connectivity index (χ3n) is 2.59. The quantitative estimate of drug-likeness (QED) is 0.655. The first-order valence-electron chi connectivity index (χ1n) is 5.39. The molecule has 0 unspecified atom stereocenters. The van der Waals surface area contributed by atoms with Crippen LogP contribution in [0.4, 0.5) is 10.1 Å². The summed E-state index contributed by atoms with van der Waals surface area (Å²) in [6, 6.07) is 12.6. The number of para-hydroxylation sites is 1. The normalized spacial score (nSPS) is 10.5. The van der Waals surface area contributed by atoms with Crippen molar-refractivity contribution in [1.29, 1.82) is 0 Å². The van der Waals surface area contributed by atoms with Gasteiger partial charge in [0, 0.05) is 16.3 Å². The molecular formula is C14H14FNS. The summed E-state index contributed by atoms with van der Waals surface area (Å²) in [5, 5.41) is 0. The summed E-state index contributed by atoms with van der Waals surface area (Å²) in [4.78, 5) is 1.08. The number of hydrogen-bond acceptors (Lipinski definition) is 2. The van der Waals surface area contributed by atoms with E-state index in [1.54, 1.807) is 23.9 Å². The number of nitrogens with two attached hydrogens (primary N) is 1. The number of thioether (sulfide) groups is 1. The molecule has 0 aliphatic heterocycles. The first-order chi connectivity index (χ1) is 8.16. The van der Waals surface area contributed by atoms with Crippen LogP contribution in [0.2, 0.25) is 0 Å². The molecule has 0 fully saturated rings. The molecule has 2 aromatic rings. The Kier molecular flexibility index (Phi) is 3.69. The highest BCUT2D eigenvalue weighted by molar-refractivity contribution is 7.98. The van der Waals surface area contributed by atoms with E-state index in [1.807, 2.05) is 25.1 Å². The van der Waals surface area contributed by atoms with Crippen LogP contribution in [0.15, 0.2) is 47.4 Å². The van der Waals surface area contributed by atoms with Gasteiger partial charge in [-0.05, 0) is 36.2 Å². The molecule has 0 saturated carbocycles. The van der Waals surface area contributed by atoms with Gasteiger partial charge in [-0.1, -0.05) is 24.3 Å². The van der Waals surface area contributed by atoms with E-state index in [-0.39, 0.29) is 5.82 Å². The fourth-order valence-electron chi connectivity index (χ4n) is 1.52. The van der Waals surface area contributed by atoms with Gasteiger partial charge in [0.15, 0.2) is 0 Å². The molecule has 0 aromatic heterocycles. The van der Waals surface area contributed by atoms with Crippen molar-refractivity contribution in [2.75, 3.05) is 5.73 Å². The molecule has 0 amide bonds. The van der Waals surface area contributed by atoms with Gasteiger partial charge in [0.1, 0.15) is 5.82 Å². The fourth-order valence-corrected chi connectivity index (χ4v) is 2.53. The molecule has 3 heteroatoms. The van der Waals surface area contributed by atoms with Gasteiger partial charge in [0.2, 0.25) is 0 Å². The van der Waals surface area contributed by atoms with Crippen molar-refractivity contribution < 1.29 is 4.39 Å². The molecule has 0 atom stereocenters. The summed E-state index contributed by atoms with van der Waals surface area (Å²) in [5.41, 5.74) is 9.01. The van der Waals surface area contributed by atoms with Crippen LogP contribution in [-0.4, -0.2) is 0 Å². The first kappa shape index (κ1) is 12.0. The minimum atomic E-state index is -0.200. The maximum absolute atomic E-state index is 12.7. The average molecular weight is 247 g/mol. The van der Waals surface area contributed by atoms with Crippen molar-refractivity contribution in [3.63, 3.8) is 0 Å². The van der Waals surface area contributed by atoms with Gasteiger partial charge >= 0.3 is 0 Å². The second-order valence-electron chi connectivity index (χ2n) is 3.90. The topological polar surface area (TPSA) is 26.0 Å². The monoisotopic (exact) mass is 247 g/mol. The van der Waals surface area contributed by atoms with Crippen molar-refractivity contribution in [3.05, 3.63) is 59.4 Å². The standard InChI is InChI=1S/C14H14FNS/c1-10-3-2-4-13(14(10)16)17-9-11-5-7-12(15)8-6-11/h2-8H,9,16H2,1H3. The van der Waals surface area contributed by atoms with Crippen LogP contribution in [0.5, 0.6) is 0 Å². The molecule has 2 rings (SSSR count). The fraction of sp³-hybridized carbons (Fsp3) is 0.143. The summed E-state index contributed by atoms with van der Waals surface area (Å²) in [5.74, 6) is 0.599. The lowest BCUT2D eigenvalue weighted by Crippen LogP contribution is -1.92. The van der Waals surface area contributed by atoms with Crippen molar-refractivity contribution >= 4 is 17.4 Å². The third kappa shape index (κ3) is 3.01. The number of nitrogen functional groups attached to an aromatic ring is 1. The zero-order valence-corrected chi connectivity index (χ0v) is 10.4. The zero-order chi connectivity index (χ0) is 12.3. The van der Waals surface area contributed by atoms with Crippen molar-refractivity contribution in [2.24, 2.45) is 0 Å². The molecule has 0 bridgehead atoms. The third-order valence-corrected chi connectivity index (χ3v) is 3.74. The van der Waals surface area contributed by atoms with Crippen LogP contribution in [0.1, 0.15) is 11.1 Å². The molecule has 0 saturated heterocycles. The van der Waals surface area contributed by atoms with E-state index in [0.29, 0.717) is 0 Å². The van der Waals surface area contributed by atoms with E-state index in [9.17, 15) is 4.39 Å². The molecule has 0 radical (unpaired) electrons. The Labute approximate surface area is 105 Å². The van der Waals surface area contributed by atoms with Crippen LogP contribution in [0.3, 0.4) is 0 Å². The lowest BCUT2D eigenvalue weighted by atomic mass is 10.2. The van der Waals surface area contributed by atoms with Crippen molar-refractivity contribution in [3.8, 4) is 0 Å². The Morgan fingerprint density at radius 1 is 1.12 bits per heavy atom. The maximum Gasteiger partial charge on any atom is 0.123 e. The maximum atomic E-state index is 12.7. The van der Waals surface area contributed by atoms with E-state index in [1.165, 1.54) is 12.1 Å². The Balaban J connectivity index is 2.07. The van der Waals surface area contributed by atoms with Gasteiger partial charge in [-0.25, -0.2) is 4.39 Å². The lowest BCUT2D eigenvalue weighted by Gasteiger charge is -2.07. The number of halogens is 1. The van der Waals surface area contributed by atoms with E-state index in [2.05, 4.69) is 0 Å². The Bertz CT molecular complexity index is 508. The van der Waals surface area contributed by atoms with Gasteiger partial charge < -0.3 is 5.73 Å². The number of benzene rings is 2. The number of anilines is 1. The second-order valence-corrected chi connectivity index (χ2v) is 4.92. The molecular weight excluding hydrogens is 233 g/mol. The number of rotatable bonds is 3. The average Bonchev–Trinajstić information content (AvgIpc) is 2.33. The van der Waals surface area contributed by atoms with Gasteiger partial charge in [0.05, 0.1) is 0 Å². The Hall–Kier alpha value is -1.48. The molecule has 0 heterocycles. The summed E-state index contributed by atoms with van der Waals surface area (Å²) in [6.45, 7) is 2.00. The molecule has 88 valence electrons. The number of aryl methyl sites for hydroxylation is 1. The van der Waals surface area contributed by atoms with E-state index < -0.39 is 0 Å². The predicted octanol–water partition coefficient (Wildman–Crippen LogP) is 4.01. The van der Waals surface area contributed by atoms with Crippen LogP contribution in [0, 0.1) is 12.7 Å². The van der Waals surface area contributed by atoms with Crippen LogP contribution < -0.4 is 5.73 Å². The highest BCUT2D eigenvalue weighted by Crippen LogP contribution is 2.29. The summed E-state index contributed by atoms with van der Waals surface area (Å²) in [6.07, 6.45) is 0. The molecule has 17 heavy (non-hydrogen) atoms. The summed E-state index contributed by atoms with van der Waals surface area (Å²) < 4.78 is 12.7. The van der Waals surface area contributed by atoms with E-state index in [0.717, 1.165) is 27.5 Å². The Morgan fingerprint density at radius 2 is 1.82 bits per heavy atom. The highest BCUT2D eigenvalue weighted by atomic mass is 32.2. The second kappa shape index (κ2) is 5.23. The van der Waals surface area contributed by atoms with E-state index in [4.69, 9.17) is 5.73 Å². The predicted molar refractivity (Wildman–Crippen MR) is 71.6 cm³/mol. The molecule has 2 aromatic carbocycles. The van der Waals surface area contributed by atoms with Crippen LogP contribution >= 0.6 is 11.8 Å². The highest BCUT2D eigenvalue weighted by Gasteiger charge is 2.02. The largest absolute Gasteiger partial charge is 0.398 e. The molecule has 0 aliphatic rings. The van der Waals surface area contributed by atoms with Crippen molar-refractivity contribution in [2.45, 2.75) is 17.6 Å². The summed E-state index contributed by atoms with van der Waals surface area (Å²) in [7, 11) is 0. The number of hydrogen-bond donors (Lipinski definition) is 1. The minimum absolute atomic E-state index is 0.200. The molecule has 2 N–H and O–H groups in total. The Morgan fingerprint density at radius 3 is 2.53 bits per heavy atom. The van der Waals surface area contributed by atoms with Gasteiger partial charge in [-0.2, -0.15) is 0 Å². The summed E-state index contributed by atoms with van der Waals surface area (Å²) >= 11 is 1.67. The van der Waals surface area contributed by atoms with E-state index >= 15 is 0 Å². The van der Waals surface area contributed by atoms with Crippen molar-refractivity contribution in [1.82, 2.24) is 0 Å².